The third-order valence-electron chi connectivity index (χ3n) is 3.52. The van der Waals surface area contributed by atoms with Crippen molar-refractivity contribution in [2.24, 2.45) is 0 Å². The molecule has 0 atom stereocenters. The van der Waals surface area contributed by atoms with E-state index < -0.39 is 0 Å². The van der Waals surface area contributed by atoms with Crippen LogP contribution in [0.5, 0.6) is 0 Å². The maximum absolute atomic E-state index is 11.9. The van der Waals surface area contributed by atoms with E-state index in [9.17, 15) is 9.59 Å². The van der Waals surface area contributed by atoms with E-state index in [0.717, 1.165) is 25.7 Å². The Morgan fingerprint density at radius 3 is 2.74 bits per heavy atom. The van der Waals surface area contributed by atoms with Crippen LogP contribution in [-0.4, -0.2) is 29.3 Å². The van der Waals surface area contributed by atoms with Gasteiger partial charge in [-0.2, -0.15) is 0 Å². The molecule has 2 rings (SSSR count). The van der Waals surface area contributed by atoms with E-state index in [2.05, 4.69) is 5.32 Å². The minimum absolute atomic E-state index is 0.0277. The molecule has 5 nitrogen and oxygen atoms in total. The van der Waals surface area contributed by atoms with Gasteiger partial charge < -0.3 is 14.6 Å². The van der Waals surface area contributed by atoms with Crippen molar-refractivity contribution in [2.75, 3.05) is 6.54 Å². The smallest absolute Gasteiger partial charge is 0.240 e. The molecule has 0 spiro atoms. The summed E-state index contributed by atoms with van der Waals surface area (Å²) >= 11 is 0. The van der Waals surface area contributed by atoms with Crippen LogP contribution in [0.15, 0.2) is 22.8 Å². The van der Waals surface area contributed by atoms with Crippen molar-refractivity contribution < 1.29 is 14.0 Å². The summed E-state index contributed by atoms with van der Waals surface area (Å²) < 4.78 is 5.14. The quantitative estimate of drug-likeness (QED) is 0.880. The number of carbonyl (C=O) groups is 2. The zero-order chi connectivity index (χ0) is 13.7. The van der Waals surface area contributed by atoms with E-state index >= 15 is 0 Å². The first kappa shape index (κ1) is 13.6. The van der Waals surface area contributed by atoms with Gasteiger partial charge >= 0.3 is 0 Å². The molecule has 19 heavy (non-hydrogen) atoms. The molecule has 5 heteroatoms. The molecule has 104 valence electrons. The van der Waals surface area contributed by atoms with Gasteiger partial charge in [0.25, 0.3) is 0 Å². The first-order valence-electron chi connectivity index (χ1n) is 6.73. The average Bonchev–Trinajstić information content (AvgIpc) is 3.05. The zero-order valence-electron chi connectivity index (χ0n) is 11.2. The van der Waals surface area contributed by atoms with Gasteiger partial charge in [0.15, 0.2) is 0 Å². The molecule has 1 fully saturated rings. The number of furan rings is 1. The maximum atomic E-state index is 11.9. The lowest BCUT2D eigenvalue weighted by Gasteiger charge is -2.27. The summed E-state index contributed by atoms with van der Waals surface area (Å²) in [6.07, 6.45) is 5.86. The van der Waals surface area contributed by atoms with Crippen molar-refractivity contribution in [1.29, 1.82) is 0 Å². The summed E-state index contributed by atoms with van der Waals surface area (Å²) in [6.45, 7) is 2.03. The summed E-state index contributed by atoms with van der Waals surface area (Å²) in [7, 11) is 0. The number of amides is 2. The normalized spacial score (nSPS) is 15.4. The Bertz CT molecular complexity index is 422. The van der Waals surface area contributed by atoms with Crippen LogP contribution < -0.4 is 5.32 Å². The van der Waals surface area contributed by atoms with Gasteiger partial charge in [0.1, 0.15) is 5.76 Å². The largest absolute Gasteiger partial charge is 0.467 e. The highest BCUT2D eigenvalue weighted by Gasteiger charge is 2.26. The average molecular weight is 264 g/mol. The Hall–Kier alpha value is -1.78. The van der Waals surface area contributed by atoms with Gasteiger partial charge in [-0.15, -0.1) is 0 Å². The lowest BCUT2D eigenvalue weighted by Crippen LogP contribution is -2.44. The van der Waals surface area contributed by atoms with E-state index in [0.29, 0.717) is 12.3 Å². The molecule has 0 saturated heterocycles. The highest BCUT2D eigenvalue weighted by Crippen LogP contribution is 2.23. The highest BCUT2D eigenvalue weighted by atomic mass is 16.3. The van der Waals surface area contributed by atoms with Gasteiger partial charge in [0.2, 0.25) is 11.8 Å². The fourth-order valence-electron chi connectivity index (χ4n) is 2.52. The first-order chi connectivity index (χ1) is 9.16. The summed E-state index contributed by atoms with van der Waals surface area (Å²) in [5, 5.41) is 2.77. The predicted molar refractivity (Wildman–Crippen MR) is 70.2 cm³/mol. The molecule has 1 N–H and O–H groups in total. The second-order valence-corrected chi connectivity index (χ2v) is 4.94. The molecule has 1 heterocycles. The molecule has 0 unspecified atom stereocenters. The van der Waals surface area contributed by atoms with Gasteiger partial charge in [0.05, 0.1) is 19.4 Å². The summed E-state index contributed by atoms with van der Waals surface area (Å²) in [4.78, 5) is 25.2. The van der Waals surface area contributed by atoms with Gasteiger partial charge in [-0.1, -0.05) is 12.8 Å². The van der Waals surface area contributed by atoms with Crippen molar-refractivity contribution in [3.05, 3.63) is 24.2 Å². The van der Waals surface area contributed by atoms with Crippen LogP contribution in [0, 0.1) is 0 Å². The minimum atomic E-state index is -0.140. The second-order valence-electron chi connectivity index (χ2n) is 4.94. The Labute approximate surface area is 113 Å². The molecule has 0 aliphatic heterocycles. The molecule has 1 aliphatic rings. The second kappa shape index (κ2) is 6.41. The zero-order valence-corrected chi connectivity index (χ0v) is 11.2. The number of nitrogens with zero attached hydrogens (tertiary/aromatic N) is 1. The number of hydrogen-bond donors (Lipinski definition) is 1. The number of rotatable bonds is 5. The predicted octanol–water partition coefficient (Wildman–Crippen LogP) is 1.69. The lowest BCUT2D eigenvalue weighted by atomic mass is 10.2. The molecule has 1 aromatic heterocycles. The standard InChI is InChI=1S/C14H20N2O3/c1-11(17)16(12-5-2-3-6-12)10-14(18)15-9-13-7-4-8-19-13/h4,7-8,12H,2-3,5-6,9-10H2,1H3,(H,15,18). The van der Waals surface area contributed by atoms with Crippen LogP contribution in [0.1, 0.15) is 38.4 Å². The maximum Gasteiger partial charge on any atom is 0.240 e. The fourth-order valence-corrected chi connectivity index (χ4v) is 2.52. The Morgan fingerprint density at radius 1 is 1.42 bits per heavy atom. The van der Waals surface area contributed by atoms with E-state index in [4.69, 9.17) is 4.42 Å². The SMILES string of the molecule is CC(=O)N(CC(=O)NCc1ccco1)C1CCCC1. The van der Waals surface area contributed by atoms with Gasteiger partial charge in [-0.25, -0.2) is 0 Å². The van der Waals surface area contributed by atoms with Crippen LogP contribution >= 0.6 is 0 Å². The van der Waals surface area contributed by atoms with Crippen molar-refractivity contribution in [2.45, 2.75) is 45.2 Å². The molecule has 2 amide bonds. The van der Waals surface area contributed by atoms with E-state index in [-0.39, 0.29) is 24.4 Å². The van der Waals surface area contributed by atoms with E-state index in [1.807, 2.05) is 0 Å². The van der Waals surface area contributed by atoms with E-state index in [1.165, 1.54) is 6.92 Å². The van der Waals surface area contributed by atoms with Crippen molar-refractivity contribution >= 4 is 11.8 Å². The molecule has 0 radical (unpaired) electrons. The third-order valence-corrected chi connectivity index (χ3v) is 3.52. The fraction of sp³-hybridized carbons (Fsp3) is 0.571. The van der Waals surface area contributed by atoms with Crippen LogP contribution in [0.25, 0.3) is 0 Å². The number of hydrogen-bond acceptors (Lipinski definition) is 3. The Kier molecular flexibility index (Phi) is 4.60. The molecule has 1 aliphatic carbocycles. The van der Waals surface area contributed by atoms with Crippen molar-refractivity contribution in [3.63, 3.8) is 0 Å². The van der Waals surface area contributed by atoms with Crippen LogP contribution in [-0.2, 0) is 16.1 Å². The molecular formula is C14H20N2O3. The summed E-state index contributed by atoms with van der Waals surface area (Å²) in [6, 6.07) is 3.81. The lowest BCUT2D eigenvalue weighted by molar-refractivity contribution is -0.136. The molecule has 1 saturated carbocycles. The van der Waals surface area contributed by atoms with Crippen molar-refractivity contribution in [1.82, 2.24) is 10.2 Å². The van der Waals surface area contributed by atoms with Crippen LogP contribution in [0.4, 0.5) is 0 Å². The number of nitrogens with one attached hydrogen (secondary N) is 1. The van der Waals surface area contributed by atoms with E-state index in [1.54, 1.807) is 23.3 Å². The summed E-state index contributed by atoms with van der Waals surface area (Å²) in [5.41, 5.74) is 0. The molecule has 0 aromatic carbocycles. The van der Waals surface area contributed by atoms with Gasteiger partial charge in [-0.3, -0.25) is 9.59 Å². The molecule has 0 bridgehead atoms. The van der Waals surface area contributed by atoms with Crippen LogP contribution in [0.3, 0.4) is 0 Å². The highest BCUT2D eigenvalue weighted by molar-refractivity contribution is 5.83. The Balaban J connectivity index is 1.82. The summed E-state index contributed by atoms with van der Waals surface area (Å²) in [5.74, 6) is 0.544. The van der Waals surface area contributed by atoms with Crippen LogP contribution in [0.2, 0.25) is 0 Å². The number of carbonyl (C=O) groups excluding carboxylic acids is 2. The molecule has 1 aromatic rings. The van der Waals surface area contributed by atoms with Gasteiger partial charge in [0, 0.05) is 13.0 Å². The monoisotopic (exact) mass is 264 g/mol. The van der Waals surface area contributed by atoms with Crippen molar-refractivity contribution in [3.8, 4) is 0 Å². The third kappa shape index (κ3) is 3.84. The Morgan fingerprint density at radius 2 is 2.16 bits per heavy atom. The molecular weight excluding hydrogens is 244 g/mol. The van der Waals surface area contributed by atoms with Gasteiger partial charge in [-0.05, 0) is 25.0 Å². The topological polar surface area (TPSA) is 62.6 Å². The first-order valence-corrected chi connectivity index (χ1v) is 6.73. The minimum Gasteiger partial charge on any atom is -0.467 e.